The smallest absolute Gasteiger partial charge is 0.306 e. The van der Waals surface area contributed by atoms with Gasteiger partial charge in [0.1, 0.15) is 13.2 Å². The third-order valence-electron chi connectivity index (χ3n) is 14.1. The zero-order valence-electron chi connectivity index (χ0n) is 52.8. The molecular formula is C75H124O6. The van der Waals surface area contributed by atoms with E-state index in [1.165, 1.54) is 128 Å². The number of allylic oxidation sites excluding steroid dienone is 22. The van der Waals surface area contributed by atoms with Crippen molar-refractivity contribution in [1.29, 1.82) is 0 Å². The maximum absolute atomic E-state index is 13.0. The molecule has 0 saturated heterocycles. The zero-order valence-corrected chi connectivity index (χ0v) is 52.8. The predicted molar refractivity (Wildman–Crippen MR) is 353 cm³/mol. The molecule has 0 radical (unpaired) electrons. The van der Waals surface area contributed by atoms with Gasteiger partial charge in [-0.15, -0.1) is 0 Å². The molecule has 6 nitrogen and oxygen atoms in total. The first kappa shape index (κ1) is 76.5. The molecule has 0 aliphatic rings. The highest BCUT2D eigenvalue weighted by Gasteiger charge is 2.19. The van der Waals surface area contributed by atoms with Crippen molar-refractivity contribution in [3.8, 4) is 0 Å². The third kappa shape index (κ3) is 66.2. The highest BCUT2D eigenvalue weighted by molar-refractivity contribution is 5.71. The van der Waals surface area contributed by atoms with Gasteiger partial charge in [0.25, 0.3) is 0 Å². The van der Waals surface area contributed by atoms with E-state index in [-0.39, 0.29) is 31.1 Å². The van der Waals surface area contributed by atoms with Crippen molar-refractivity contribution in [3.63, 3.8) is 0 Å². The maximum atomic E-state index is 13.0. The van der Waals surface area contributed by atoms with Crippen LogP contribution in [0, 0.1) is 0 Å². The van der Waals surface area contributed by atoms with E-state index in [9.17, 15) is 14.4 Å². The summed E-state index contributed by atoms with van der Waals surface area (Å²) < 4.78 is 17.0. The summed E-state index contributed by atoms with van der Waals surface area (Å²) in [6.45, 7) is 6.40. The topological polar surface area (TPSA) is 78.9 Å². The molecule has 0 bridgehead atoms. The van der Waals surface area contributed by atoms with Crippen molar-refractivity contribution in [2.45, 2.75) is 309 Å². The van der Waals surface area contributed by atoms with Crippen molar-refractivity contribution in [2.75, 3.05) is 13.2 Å². The lowest BCUT2D eigenvalue weighted by atomic mass is 10.0. The molecule has 0 aromatic rings. The van der Waals surface area contributed by atoms with Crippen LogP contribution in [-0.2, 0) is 28.6 Å². The van der Waals surface area contributed by atoms with Crippen molar-refractivity contribution >= 4 is 17.9 Å². The molecule has 0 rings (SSSR count). The van der Waals surface area contributed by atoms with Gasteiger partial charge in [0.15, 0.2) is 6.10 Å². The molecule has 0 fully saturated rings. The molecule has 0 heterocycles. The molecule has 0 saturated carbocycles. The van der Waals surface area contributed by atoms with Crippen LogP contribution >= 0.6 is 0 Å². The lowest BCUT2D eigenvalue weighted by molar-refractivity contribution is -0.167. The van der Waals surface area contributed by atoms with Gasteiger partial charge in [-0.2, -0.15) is 0 Å². The Kier molecular flexibility index (Phi) is 64.3. The molecule has 0 aromatic carbocycles. The van der Waals surface area contributed by atoms with E-state index < -0.39 is 6.10 Å². The number of hydrogen-bond donors (Lipinski definition) is 0. The summed E-state index contributed by atoms with van der Waals surface area (Å²) in [4.78, 5) is 38.4. The molecule has 81 heavy (non-hydrogen) atoms. The Labute approximate surface area is 500 Å². The molecule has 1 unspecified atom stereocenters. The first-order valence-corrected chi connectivity index (χ1v) is 33.7. The molecule has 0 spiro atoms. The number of esters is 3. The lowest BCUT2D eigenvalue weighted by Gasteiger charge is -2.18. The van der Waals surface area contributed by atoms with E-state index in [0.717, 1.165) is 135 Å². The molecule has 0 N–H and O–H groups in total. The summed E-state index contributed by atoms with van der Waals surface area (Å²) >= 11 is 0. The van der Waals surface area contributed by atoms with E-state index in [1.807, 2.05) is 0 Å². The SMILES string of the molecule is CC/C=C\C/C=C\C/C=C\C/C=C\C/C=C\C/C=C\CCCCCCC(=O)OCC(COC(=O)CCCCCCCCC/C=C\CCCCCCCC)OC(=O)CCCCCCCCCCCC/C=C\C/C=C\C/C=C\C/C=C\CC. The summed E-state index contributed by atoms with van der Waals surface area (Å²) in [5.41, 5.74) is 0. The second-order valence-corrected chi connectivity index (χ2v) is 22.0. The van der Waals surface area contributed by atoms with E-state index in [2.05, 4.69) is 154 Å². The van der Waals surface area contributed by atoms with E-state index in [4.69, 9.17) is 14.2 Å². The molecule has 6 heteroatoms. The monoisotopic (exact) mass is 1120 g/mol. The summed E-state index contributed by atoms with van der Waals surface area (Å²) in [5.74, 6) is -0.921. The van der Waals surface area contributed by atoms with Gasteiger partial charge in [-0.05, 0) is 135 Å². The van der Waals surface area contributed by atoms with E-state index in [1.54, 1.807) is 0 Å². The van der Waals surface area contributed by atoms with Crippen LogP contribution in [0.3, 0.4) is 0 Å². The van der Waals surface area contributed by atoms with Crippen molar-refractivity contribution in [2.24, 2.45) is 0 Å². The average molecular weight is 1120 g/mol. The second kappa shape index (κ2) is 68.1. The fourth-order valence-corrected chi connectivity index (χ4v) is 9.14. The Hall–Kier alpha value is -4.45. The Balaban J connectivity index is 4.46. The molecular weight excluding hydrogens is 997 g/mol. The second-order valence-electron chi connectivity index (χ2n) is 22.0. The number of rotatable bonds is 60. The Bertz CT molecular complexity index is 1720. The fraction of sp³-hybridized carbons (Fsp3) is 0.667. The number of carbonyl (C=O) groups is 3. The molecule has 0 aliphatic heterocycles. The van der Waals surface area contributed by atoms with Crippen LogP contribution in [-0.4, -0.2) is 37.2 Å². The highest BCUT2D eigenvalue weighted by atomic mass is 16.6. The normalized spacial score (nSPS) is 13.0. The fourth-order valence-electron chi connectivity index (χ4n) is 9.14. The summed E-state index contributed by atoms with van der Waals surface area (Å²) in [5, 5.41) is 0. The van der Waals surface area contributed by atoms with Gasteiger partial charge < -0.3 is 14.2 Å². The van der Waals surface area contributed by atoms with Crippen molar-refractivity contribution in [1.82, 2.24) is 0 Å². The minimum Gasteiger partial charge on any atom is -0.462 e. The largest absolute Gasteiger partial charge is 0.462 e. The minimum absolute atomic E-state index is 0.0930. The van der Waals surface area contributed by atoms with Gasteiger partial charge in [0, 0.05) is 19.3 Å². The standard InChI is InChI=1S/C75H124O6/c1-4-7-10-13-16-19-22-25-28-31-33-35-37-39-41-44-47-50-53-56-59-62-65-68-74(77)80-71-72(70-79-73(76)67-64-61-58-55-52-49-46-43-30-27-24-21-18-15-12-9-6-3)81-75(78)69-66-63-60-57-54-51-48-45-42-40-38-36-34-32-29-26-23-20-17-14-11-8-5-2/h7-8,10-11,16-17,19-20,25-30,33-36,39,41,47,50,72H,4-6,9,12-15,18,21-24,31-32,37-38,40,42-46,48-49,51-71H2,1-3H3/b10-7-,11-8-,19-16-,20-17-,28-25-,29-26-,30-27-,35-33-,36-34-,41-39-,50-47-. The van der Waals surface area contributed by atoms with Gasteiger partial charge in [0.05, 0.1) is 0 Å². The third-order valence-corrected chi connectivity index (χ3v) is 14.1. The van der Waals surface area contributed by atoms with Crippen molar-refractivity contribution in [3.05, 3.63) is 134 Å². The van der Waals surface area contributed by atoms with Crippen molar-refractivity contribution < 1.29 is 28.6 Å². The first-order chi connectivity index (χ1) is 40.0. The van der Waals surface area contributed by atoms with Crippen LogP contribution in [0.15, 0.2) is 134 Å². The van der Waals surface area contributed by atoms with E-state index >= 15 is 0 Å². The van der Waals surface area contributed by atoms with Gasteiger partial charge in [-0.3, -0.25) is 14.4 Å². The Morgan fingerprint density at radius 1 is 0.259 bits per heavy atom. The Morgan fingerprint density at radius 3 is 0.765 bits per heavy atom. The predicted octanol–water partition coefficient (Wildman–Crippen LogP) is 23.3. The van der Waals surface area contributed by atoms with Crippen LogP contribution < -0.4 is 0 Å². The Morgan fingerprint density at radius 2 is 0.481 bits per heavy atom. The van der Waals surface area contributed by atoms with Crippen LogP contribution in [0.5, 0.6) is 0 Å². The van der Waals surface area contributed by atoms with E-state index in [0.29, 0.717) is 19.3 Å². The zero-order chi connectivity index (χ0) is 58.5. The average Bonchev–Trinajstić information content (AvgIpc) is 3.47. The van der Waals surface area contributed by atoms with Gasteiger partial charge in [-0.25, -0.2) is 0 Å². The lowest BCUT2D eigenvalue weighted by Crippen LogP contribution is -2.30. The molecule has 0 aromatic heterocycles. The molecule has 0 aliphatic carbocycles. The maximum Gasteiger partial charge on any atom is 0.306 e. The number of ether oxygens (including phenoxy) is 3. The number of carbonyl (C=O) groups excluding carboxylic acids is 3. The van der Waals surface area contributed by atoms with Gasteiger partial charge in [0.2, 0.25) is 0 Å². The molecule has 460 valence electrons. The summed E-state index contributed by atoms with van der Waals surface area (Å²) in [6, 6.07) is 0. The van der Waals surface area contributed by atoms with Crippen LogP contribution in [0.4, 0.5) is 0 Å². The quantitative estimate of drug-likeness (QED) is 0.0261. The highest BCUT2D eigenvalue weighted by Crippen LogP contribution is 2.16. The first-order valence-electron chi connectivity index (χ1n) is 33.7. The van der Waals surface area contributed by atoms with Crippen LogP contribution in [0.2, 0.25) is 0 Å². The minimum atomic E-state index is -0.800. The summed E-state index contributed by atoms with van der Waals surface area (Å²) in [6.07, 6.45) is 96.0. The van der Waals surface area contributed by atoms with Crippen LogP contribution in [0.1, 0.15) is 303 Å². The molecule has 1 atom stereocenters. The number of hydrogen-bond acceptors (Lipinski definition) is 6. The summed E-state index contributed by atoms with van der Waals surface area (Å²) in [7, 11) is 0. The van der Waals surface area contributed by atoms with Crippen LogP contribution in [0.25, 0.3) is 0 Å². The van der Waals surface area contributed by atoms with Gasteiger partial charge in [-0.1, -0.05) is 283 Å². The van der Waals surface area contributed by atoms with Gasteiger partial charge >= 0.3 is 17.9 Å². The molecule has 0 amide bonds. The number of unbranched alkanes of at least 4 members (excludes halogenated alkanes) is 27.